The van der Waals surface area contributed by atoms with Gasteiger partial charge >= 0.3 is 0 Å². The molecule has 1 aromatic heterocycles. The van der Waals surface area contributed by atoms with Crippen LogP contribution in [0, 0.1) is 17.2 Å². The molecule has 0 saturated heterocycles. The maximum atomic E-state index is 13.9. The van der Waals surface area contributed by atoms with E-state index in [0.717, 1.165) is 15.3 Å². The maximum absolute atomic E-state index is 13.9. The van der Waals surface area contributed by atoms with E-state index in [4.69, 9.17) is 5.26 Å². The van der Waals surface area contributed by atoms with Crippen LogP contribution in [0.5, 0.6) is 0 Å². The Bertz CT molecular complexity index is 1490. The molecule has 0 radical (unpaired) electrons. The van der Waals surface area contributed by atoms with E-state index < -0.39 is 34.0 Å². The number of nitrogens with one attached hydrogen (secondary N) is 1. The number of hydrazine groups is 1. The molecule has 0 aliphatic heterocycles. The number of amides is 2. The second-order valence-electron chi connectivity index (χ2n) is 10.7. The molecule has 42 heavy (non-hydrogen) atoms. The van der Waals surface area contributed by atoms with Crippen LogP contribution in [0.2, 0.25) is 0 Å². The monoisotopic (exact) mass is 614 g/mol. The molecule has 0 fully saturated rings. The molecule has 0 bridgehead atoms. The summed E-state index contributed by atoms with van der Waals surface area (Å²) in [4.78, 5) is 32.1. The number of sulfonamides is 1. The number of likely N-dealkylation sites (N-methyl/N-ethyl adjacent to an activating group) is 1. The summed E-state index contributed by atoms with van der Waals surface area (Å²) in [6.45, 7) is 3.52. The first-order valence-corrected chi connectivity index (χ1v) is 15.9. The van der Waals surface area contributed by atoms with Gasteiger partial charge in [-0.3, -0.25) is 15.0 Å². The number of aromatic nitrogens is 1. The third kappa shape index (κ3) is 9.04. The fraction of sp³-hybridized carbons (Fsp3) is 0.448. The average molecular weight is 615 g/mol. The van der Waals surface area contributed by atoms with E-state index in [1.54, 1.807) is 36.6 Å². The lowest BCUT2D eigenvalue weighted by Crippen LogP contribution is -2.60. The van der Waals surface area contributed by atoms with Gasteiger partial charge in [-0.05, 0) is 50.2 Å². The van der Waals surface area contributed by atoms with E-state index in [-0.39, 0.29) is 49.7 Å². The highest BCUT2D eigenvalue weighted by atomic mass is 32.2. The van der Waals surface area contributed by atoms with Crippen LogP contribution in [0.1, 0.15) is 32.3 Å². The van der Waals surface area contributed by atoms with E-state index in [1.165, 1.54) is 21.7 Å². The molecule has 11 nitrogen and oxygen atoms in total. The molecule has 2 atom stereocenters. The highest BCUT2D eigenvalue weighted by Crippen LogP contribution is 2.26. The summed E-state index contributed by atoms with van der Waals surface area (Å²) in [7, 11) is -0.646. The molecule has 13 heteroatoms. The predicted molar refractivity (Wildman–Crippen MR) is 162 cm³/mol. The van der Waals surface area contributed by atoms with E-state index >= 15 is 0 Å². The van der Waals surface area contributed by atoms with Crippen molar-refractivity contribution in [1.82, 2.24) is 24.6 Å². The maximum Gasteiger partial charge on any atom is 0.252 e. The van der Waals surface area contributed by atoms with Gasteiger partial charge in [-0.2, -0.15) is 9.57 Å². The molecule has 0 aliphatic rings. The molecule has 2 aromatic carbocycles. The first-order valence-electron chi connectivity index (χ1n) is 13.6. The summed E-state index contributed by atoms with van der Waals surface area (Å²) < 4.78 is 29.7. The Balaban J connectivity index is 2.01. The van der Waals surface area contributed by atoms with E-state index in [1.807, 2.05) is 50.2 Å². The van der Waals surface area contributed by atoms with Crippen molar-refractivity contribution in [1.29, 1.82) is 5.26 Å². The van der Waals surface area contributed by atoms with Crippen LogP contribution in [0.25, 0.3) is 10.2 Å². The van der Waals surface area contributed by atoms with Crippen LogP contribution in [0.3, 0.4) is 0 Å². The van der Waals surface area contributed by atoms with Gasteiger partial charge in [0.2, 0.25) is 15.9 Å². The topological polar surface area (TPSA) is 147 Å². The van der Waals surface area contributed by atoms with E-state index in [9.17, 15) is 23.1 Å². The minimum absolute atomic E-state index is 0.0237. The minimum atomic E-state index is -4.05. The number of carbonyl (C=O) groups excluding carboxylic acids is 2. The second-order valence-corrected chi connectivity index (χ2v) is 13.5. The number of hydrogen-bond donors (Lipinski definition) is 2. The zero-order valence-corrected chi connectivity index (χ0v) is 25.9. The van der Waals surface area contributed by atoms with Gasteiger partial charge in [0.1, 0.15) is 0 Å². The van der Waals surface area contributed by atoms with Crippen LogP contribution < -0.4 is 5.43 Å². The number of aliphatic hydroxyl groups excluding tert-OH is 1. The molecule has 0 aliphatic carbocycles. The predicted octanol–water partition coefficient (Wildman–Crippen LogP) is 2.64. The molecule has 3 aromatic rings. The van der Waals surface area contributed by atoms with Gasteiger partial charge < -0.3 is 10.0 Å². The number of aliphatic hydroxyl groups is 1. The third-order valence-corrected chi connectivity index (χ3v) is 9.01. The van der Waals surface area contributed by atoms with Gasteiger partial charge in [0.15, 0.2) is 0 Å². The lowest BCUT2D eigenvalue weighted by atomic mass is 9.99. The van der Waals surface area contributed by atoms with Crippen LogP contribution in [0.4, 0.5) is 0 Å². The molecule has 1 heterocycles. The largest absolute Gasteiger partial charge is 0.390 e. The average Bonchev–Trinajstić information content (AvgIpc) is 3.41. The zero-order valence-electron chi connectivity index (χ0n) is 24.3. The van der Waals surface area contributed by atoms with Crippen molar-refractivity contribution in [3.8, 4) is 6.07 Å². The summed E-state index contributed by atoms with van der Waals surface area (Å²) >= 11 is 1.33. The Morgan fingerprint density at radius 1 is 1.12 bits per heavy atom. The molecule has 0 spiro atoms. The van der Waals surface area contributed by atoms with E-state index in [2.05, 4.69) is 10.4 Å². The highest BCUT2D eigenvalue weighted by molar-refractivity contribution is 7.89. The van der Waals surface area contributed by atoms with Gasteiger partial charge in [-0.25, -0.2) is 18.4 Å². The Labute approximate surface area is 251 Å². The lowest BCUT2D eigenvalue weighted by molar-refractivity contribution is -0.148. The van der Waals surface area contributed by atoms with Crippen molar-refractivity contribution in [3.05, 3.63) is 59.6 Å². The molecule has 0 saturated carbocycles. The number of rotatable bonds is 14. The quantitative estimate of drug-likeness (QED) is 0.264. The standard InChI is InChI=1S/C29H38N6O5S2/c1-21(2)17-34(42(39,40)23-12-13-24-27(16-23)41-20-31-24)18-26(36)25(15-22-9-6-5-7-10-22)35(29(38)11-8-14-30)32-28(37)19-33(3)4/h5-7,9-10,12-13,16,20-21,25-26,36H,8,11,15,17-19H2,1-4H3,(H,32,37)/t25-,26+/m0/s1. The molecule has 3 rings (SSSR count). The summed E-state index contributed by atoms with van der Waals surface area (Å²) in [5.74, 6) is -1.11. The van der Waals surface area contributed by atoms with Crippen molar-refractivity contribution in [2.75, 3.05) is 33.7 Å². The second kappa shape index (κ2) is 15.2. The smallest absolute Gasteiger partial charge is 0.252 e. The summed E-state index contributed by atoms with van der Waals surface area (Å²) in [5.41, 5.74) is 5.73. The van der Waals surface area contributed by atoms with Crippen molar-refractivity contribution in [2.45, 2.75) is 50.2 Å². The van der Waals surface area contributed by atoms with Crippen LogP contribution in [-0.2, 0) is 26.0 Å². The zero-order chi connectivity index (χ0) is 30.9. The molecule has 2 N–H and O–H groups in total. The number of thiazole rings is 1. The van der Waals surface area contributed by atoms with Crippen LogP contribution in [0.15, 0.2) is 58.9 Å². The number of carbonyl (C=O) groups is 2. The van der Waals surface area contributed by atoms with Crippen molar-refractivity contribution < 1.29 is 23.1 Å². The molecule has 226 valence electrons. The van der Waals surface area contributed by atoms with Gasteiger partial charge in [-0.1, -0.05) is 44.2 Å². The van der Waals surface area contributed by atoms with Crippen LogP contribution >= 0.6 is 11.3 Å². The molecular weight excluding hydrogens is 576 g/mol. The van der Waals surface area contributed by atoms with Gasteiger partial charge in [0.25, 0.3) is 5.91 Å². The number of nitriles is 1. The van der Waals surface area contributed by atoms with Gasteiger partial charge in [0, 0.05) is 25.9 Å². The van der Waals surface area contributed by atoms with Crippen molar-refractivity contribution >= 4 is 43.4 Å². The number of fused-ring (bicyclic) bond motifs is 1. The van der Waals surface area contributed by atoms with Crippen molar-refractivity contribution in [3.63, 3.8) is 0 Å². The molecule has 2 amide bonds. The SMILES string of the molecule is CC(C)CN(C[C@@H](O)[C@H](Cc1ccccc1)N(NC(=O)CN(C)C)C(=O)CCC#N)S(=O)(=O)c1ccc2ncsc2c1. The van der Waals surface area contributed by atoms with Crippen LogP contribution in [-0.4, -0.2) is 90.4 Å². The summed E-state index contributed by atoms with van der Waals surface area (Å²) in [6, 6.07) is 14.7. The fourth-order valence-electron chi connectivity index (χ4n) is 4.48. The number of nitrogens with zero attached hydrogens (tertiary/aromatic N) is 5. The Kier molecular flexibility index (Phi) is 12.0. The molecule has 0 unspecified atom stereocenters. The van der Waals surface area contributed by atoms with Crippen molar-refractivity contribution in [2.24, 2.45) is 5.92 Å². The van der Waals surface area contributed by atoms with E-state index in [0.29, 0.717) is 5.52 Å². The highest BCUT2D eigenvalue weighted by Gasteiger charge is 2.36. The van der Waals surface area contributed by atoms with Gasteiger partial charge in [-0.15, -0.1) is 11.3 Å². The normalized spacial score (nSPS) is 13.3. The Morgan fingerprint density at radius 2 is 1.83 bits per heavy atom. The minimum Gasteiger partial charge on any atom is -0.390 e. The Morgan fingerprint density at radius 3 is 2.48 bits per heavy atom. The lowest BCUT2D eigenvalue weighted by Gasteiger charge is -2.37. The first kappa shape index (κ1) is 33.1. The fourth-order valence-corrected chi connectivity index (χ4v) is 6.92. The van der Waals surface area contributed by atoms with Gasteiger partial charge in [0.05, 0.1) is 45.4 Å². The third-order valence-electron chi connectivity index (χ3n) is 6.39. The number of hydrogen-bond acceptors (Lipinski definition) is 9. The summed E-state index contributed by atoms with van der Waals surface area (Å²) in [6.07, 6.45) is -1.53. The molecular formula is C29H38N6O5S2. The first-order chi connectivity index (χ1) is 19.9. The number of benzene rings is 2. The Hall–Kier alpha value is -3.41. The summed E-state index contributed by atoms with van der Waals surface area (Å²) in [5, 5.41) is 21.9.